The molecule has 7 heteroatoms. The number of fused-ring (bicyclic) bond motifs is 1. The Kier molecular flexibility index (Phi) is 17.0. The van der Waals surface area contributed by atoms with Crippen LogP contribution in [-0.2, 0) is 7.05 Å². The third kappa shape index (κ3) is 9.77. The Morgan fingerprint density at radius 3 is 2.18 bits per heavy atom. The average molecular weight is 608 g/mol. The normalized spacial score (nSPS) is 10.8. The lowest BCUT2D eigenvalue weighted by atomic mass is 9.93. The standard InChI is InChI=1S/C29H27N7.C3H8.3C2H6/c1-19(27-20(2)35(4)34-29(27)30)31-18-26-15-24-10-8-9-23(14-13-22-16-32-33-17-22)28(24)21(3)36(26)25-11-6-5-7-12-25;1-3-2;3*1-2/h5-12,15-17,31H,1,3,18H2,2,4H3,(H2,30,34)(H,32,33);3H2,1-2H3;3*1-2H3. The van der Waals surface area contributed by atoms with E-state index in [4.69, 9.17) is 5.73 Å². The summed E-state index contributed by atoms with van der Waals surface area (Å²) in [5.41, 5.74) is 15.4. The zero-order valence-electron chi connectivity index (χ0n) is 29.0. The van der Waals surface area contributed by atoms with Gasteiger partial charge in [-0.1, -0.05) is 117 Å². The zero-order chi connectivity index (χ0) is 33.9. The van der Waals surface area contributed by atoms with Crippen molar-refractivity contribution in [2.24, 2.45) is 7.05 Å². The number of nitrogens with zero attached hydrogens (tertiary/aromatic N) is 4. The van der Waals surface area contributed by atoms with Crippen molar-refractivity contribution in [3.63, 3.8) is 0 Å². The van der Waals surface area contributed by atoms with E-state index in [0.29, 0.717) is 12.4 Å². The van der Waals surface area contributed by atoms with Gasteiger partial charge in [0.1, 0.15) is 0 Å². The molecule has 0 unspecified atom stereocenters. The molecule has 5 rings (SSSR count). The smallest absolute Gasteiger partial charge is 0.155 e. The molecule has 0 bridgehead atoms. The Bertz CT molecular complexity index is 1560. The highest BCUT2D eigenvalue weighted by atomic mass is 15.3. The number of nitrogens with two attached hydrogens (primary N) is 1. The fourth-order valence-corrected chi connectivity index (χ4v) is 4.43. The summed E-state index contributed by atoms with van der Waals surface area (Å²) in [6.45, 7) is 27.5. The molecule has 1 aliphatic rings. The van der Waals surface area contributed by atoms with E-state index in [0.717, 1.165) is 56.3 Å². The van der Waals surface area contributed by atoms with Gasteiger partial charge in [-0.05, 0) is 36.8 Å². The Morgan fingerprint density at radius 2 is 1.62 bits per heavy atom. The summed E-state index contributed by atoms with van der Waals surface area (Å²) in [4.78, 5) is 2.16. The van der Waals surface area contributed by atoms with E-state index in [2.05, 4.69) is 88.6 Å². The fraction of sp³-hybridized carbons (Fsp3) is 0.316. The first-order valence-electron chi connectivity index (χ1n) is 16.0. The topological polar surface area (TPSA) is 87.8 Å². The van der Waals surface area contributed by atoms with Crippen LogP contribution in [0.2, 0.25) is 0 Å². The largest absolute Gasteiger partial charge is 0.382 e. The van der Waals surface area contributed by atoms with Gasteiger partial charge in [-0.3, -0.25) is 9.78 Å². The molecule has 4 N–H and O–H groups in total. The van der Waals surface area contributed by atoms with Crippen molar-refractivity contribution < 1.29 is 0 Å². The zero-order valence-corrected chi connectivity index (χ0v) is 29.0. The summed E-state index contributed by atoms with van der Waals surface area (Å²) in [6, 6.07) is 16.3. The lowest BCUT2D eigenvalue weighted by molar-refractivity contribution is 0.743. The maximum Gasteiger partial charge on any atom is 0.155 e. The van der Waals surface area contributed by atoms with Crippen molar-refractivity contribution in [1.82, 2.24) is 25.3 Å². The van der Waals surface area contributed by atoms with Gasteiger partial charge in [0.25, 0.3) is 0 Å². The van der Waals surface area contributed by atoms with E-state index >= 15 is 0 Å². The van der Waals surface area contributed by atoms with E-state index in [-0.39, 0.29) is 0 Å². The van der Waals surface area contributed by atoms with Crippen LogP contribution in [0.25, 0.3) is 17.5 Å². The van der Waals surface area contributed by atoms with Crippen LogP contribution < -0.4 is 16.0 Å². The fourth-order valence-electron chi connectivity index (χ4n) is 4.43. The molecular weight excluding hydrogens is 554 g/mol. The molecule has 0 atom stereocenters. The summed E-state index contributed by atoms with van der Waals surface area (Å²) in [5.74, 6) is 6.94. The molecule has 4 aromatic rings. The number of benzene rings is 2. The lowest BCUT2D eigenvalue weighted by Gasteiger charge is -2.35. The number of hydrogen-bond donors (Lipinski definition) is 3. The van der Waals surface area contributed by atoms with Crippen LogP contribution in [0, 0.1) is 18.8 Å². The molecule has 0 spiro atoms. The molecule has 3 heterocycles. The Balaban J connectivity index is 0.00000103. The van der Waals surface area contributed by atoms with Crippen LogP contribution in [0.15, 0.2) is 79.8 Å². The van der Waals surface area contributed by atoms with Crippen molar-refractivity contribution in [2.45, 2.75) is 68.7 Å². The van der Waals surface area contributed by atoms with Crippen molar-refractivity contribution >= 4 is 29.0 Å². The predicted octanol–water partition coefficient (Wildman–Crippen LogP) is 9.02. The number of nitrogens with one attached hydrogen (secondary N) is 2. The minimum atomic E-state index is 0.459. The second-order valence-corrected chi connectivity index (χ2v) is 9.27. The highest BCUT2D eigenvalue weighted by molar-refractivity contribution is 5.93. The molecule has 2 aromatic heterocycles. The van der Waals surface area contributed by atoms with Gasteiger partial charge in [-0.2, -0.15) is 10.2 Å². The quantitative estimate of drug-likeness (QED) is 0.197. The number of anilines is 2. The first-order chi connectivity index (χ1) is 21.8. The summed E-state index contributed by atoms with van der Waals surface area (Å²) in [7, 11) is 1.87. The molecule has 0 saturated carbocycles. The number of aromatic amines is 1. The van der Waals surface area contributed by atoms with Crippen molar-refractivity contribution in [3.8, 4) is 11.8 Å². The van der Waals surface area contributed by atoms with E-state index in [1.54, 1.807) is 17.1 Å². The molecule has 2 aromatic carbocycles. The highest BCUT2D eigenvalue weighted by Gasteiger charge is 2.25. The summed E-state index contributed by atoms with van der Waals surface area (Å²) >= 11 is 0. The minimum absolute atomic E-state index is 0.459. The third-order valence-electron chi connectivity index (χ3n) is 6.26. The molecule has 0 saturated heterocycles. The molecule has 0 radical (unpaired) electrons. The molecule has 0 amide bonds. The Labute approximate surface area is 272 Å². The minimum Gasteiger partial charge on any atom is -0.382 e. The highest BCUT2D eigenvalue weighted by Crippen LogP contribution is 2.38. The van der Waals surface area contributed by atoms with Gasteiger partial charge in [0, 0.05) is 52.8 Å². The van der Waals surface area contributed by atoms with Crippen LogP contribution in [0.1, 0.15) is 95.3 Å². The number of aryl methyl sites for hydroxylation is 1. The molecule has 0 aliphatic carbocycles. The SMILES string of the molecule is C=C(NCC1=Cc2cccc(C#Cc3cn[nH]c3)c2C(=C)N1c1ccccc1)c1c(N)nn(C)c1C.CC.CC.CC.CCC. The molecule has 7 nitrogen and oxygen atoms in total. The van der Waals surface area contributed by atoms with Gasteiger partial charge in [0.05, 0.1) is 23.9 Å². The van der Waals surface area contributed by atoms with E-state index in [1.807, 2.05) is 85.8 Å². The van der Waals surface area contributed by atoms with E-state index < -0.39 is 0 Å². The summed E-state index contributed by atoms with van der Waals surface area (Å²) < 4.78 is 1.76. The first kappa shape index (κ1) is 38.1. The Morgan fingerprint density at radius 1 is 0.978 bits per heavy atom. The van der Waals surface area contributed by atoms with Crippen LogP contribution in [0.5, 0.6) is 0 Å². The Hall–Kier alpha value is -4.96. The lowest BCUT2D eigenvalue weighted by Crippen LogP contribution is -2.30. The van der Waals surface area contributed by atoms with Crippen LogP contribution in [0.4, 0.5) is 11.5 Å². The summed E-state index contributed by atoms with van der Waals surface area (Å²) in [5, 5.41) is 14.5. The van der Waals surface area contributed by atoms with Gasteiger partial charge in [0.2, 0.25) is 0 Å². The molecule has 1 aliphatic heterocycles. The maximum atomic E-state index is 6.15. The van der Waals surface area contributed by atoms with Gasteiger partial charge in [-0.15, -0.1) is 0 Å². The van der Waals surface area contributed by atoms with Crippen LogP contribution >= 0.6 is 0 Å². The van der Waals surface area contributed by atoms with Crippen molar-refractivity contribution in [3.05, 3.63) is 113 Å². The predicted molar refractivity (Wildman–Crippen MR) is 196 cm³/mol. The number of aromatic nitrogens is 4. The molecular formula is C38H53N7. The van der Waals surface area contributed by atoms with Gasteiger partial charge in [-0.25, -0.2) is 0 Å². The van der Waals surface area contributed by atoms with Crippen molar-refractivity contribution in [1.29, 1.82) is 0 Å². The van der Waals surface area contributed by atoms with Gasteiger partial charge >= 0.3 is 0 Å². The second kappa shape index (κ2) is 20.1. The van der Waals surface area contributed by atoms with E-state index in [9.17, 15) is 0 Å². The number of H-pyrrole nitrogens is 1. The molecule has 45 heavy (non-hydrogen) atoms. The van der Waals surface area contributed by atoms with Gasteiger partial charge in [0.15, 0.2) is 5.82 Å². The average Bonchev–Trinajstić information content (AvgIpc) is 3.69. The van der Waals surface area contributed by atoms with Crippen molar-refractivity contribution in [2.75, 3.05) is 17.2 Å². The van der Waals surface area contributed by atoms with E-state index in [1.165, 1.54) is 6.42 Å². The number of para-hydroxylation sites is 1. The van der Waals surface area contributed by atoms with Crippen LogP contribution in [0.3, 0.4) is 0 Å². The summed E-state index contributed by atoms with van der Waals surface area (Å²) in [6.07, 6.45) is 6.90. The number of rotatable bonds is 5. The number of nitrogen functional groups attached to an aromatic ring is 1. The molecule has 0 fully saturated rings. The first-order valence-corrected chi connectivity index (χ1v) is 16.0. The van der Waals surface area contributed by atoms with Crippen LogP contribution in [-0.4, -0.2) is 26.5 Å². The molecule has 240 valence electrons. The maximum absolute atomic E-state index is 6.15. The monoisotopic (exact) mass is 607 g/mol. The third-order valence-corrected chi connectivity index (χ3v) is 6.26. The number of hydrogen-bond acceptors (Lipinski definition) is 5. The van der Waals surface area contributed by atoms with Gasteiger partial charge < -0.3 is 16.0 Å². The second-order valence-electron chi connectivity index (χ2n) is 9.27.